The van der Waals surface area contributed by atoms with Crippen LogP contribution in [-0.2, 0) is 14.4 Å². The number of hydrogen-bond acceptors (Lipinski definition) is 6. The van der Waals surface area contributed by atoms with Crippen molar-refractivity contribution >= 4 is 23.6 Å². The van der Waals surface area contributed by atoms with E-state index in [9.17, 15) is 29.0 Å². The Morgan fingerprint density at radius 3 is 2.59 bits per heavy atom. The molecule has 3 rings (SSSR count). The van der Waals surface area contributed by atoms with Crippen LogP contribution in [0.4, 0.5) is 10.2 Å². The zero-order chi connectivity index (χ0) is 26.8. The summed E-state index contributed by atoms with van der Waals surface area (Å²) in [5.74, 6) is -2.10. The zero-order valence-electron chi connectivity index (χ0n) is 20.3. The molecule has 1 unspecified atom stereocenters. The number of anilines is 1. The fourth-order valence-corrected chi connectivity index (χ4v) is 3.71. The Hall–Kier alpha value is -4.47. The molecule has 0 aliphatic heterocycles. The van der Waals surface area contributed by atoms with E-state index in [1.807, 2.05) is 19.1 Å². The summed E-state index contributed by atoms with van der Waals surface area (Å²) < 4.78 is 13.3. The number of nitrogens with zero attached hydrogens (tertiary/aromatic N) is 1. The quantitative estimate of drug-likeness (QED) is 0.236. The number of nitrogens with one attached hydrogen (secondary N) is 3. The van der Waals surface area contributed by atoms with E-state index >= 15 is 0 Å². The molecule has 0 radical (unpaired) electrons. The SMILES string of the molecule is Cc1ccnc(NCCCC(=O)NCC(=O)NC(CC(=O)O)c2cccc(-c3ccc(F)cc3O)c2)c1. The molecule has 1 atom stereocenters. The summed E-state index contributed by atoms with van der Waals surface area (Å²) >= 11 is 0. The van der Waals surface area contributed by atoms with Crippen molar-refractivity contribution in [1.82, 2.24) is 15.6 Å². The molecule has 0 aliphatic carbocycles. The van der Waals surface area contributed by atoms with Gasteiger partial charge in [-0.2, -0.15) is 0 Å². The molecule has 1 heterocycles. The highest BCUT2D eigenvalue weighted by molar-refractivity contribution is 5.85. The van der Waals surface area contributed by atoms with Crippen LogP contribution in [-0.4, -0.2) is 46.1 Å². The number of phenols is 1. The Morgan fingerprint density at radius 2 is 1.86 bits per heavy atom. The number of aliphatic carboxylic acids is 1. The Balaban J connectivity index is 1.53. The molecule has 0 saturated heterocycles. The molecule has 2 aromatic carbocycles. The van der Waals surface area contributed by atoms with Gasteiger partial charge in [-0.1, -0.05) is 18.2 Å². The van der Waals surface area contributed by atoms with Crippen molar-refractivity contribution in [3.05, 3.63) is 77.7 Å². The lowest BCUT2D eigenvalue weighted by atomic mass is 9.97. The normalized spacial score (nSPS) is 11.4. The molecule has 2 amide bonds. The summed E-state index contributed by atoms with van der Waals surface area (Å²) in [6.07, 6.45) is 2.04. The topological polar surface area (TPSA) is 141 Å². The van der Waals surface area contributed by atoms with Gasteiger partial charge in [-0.25, -0.2) is 9.37 Å². The highest BCUT2D eigenvalue weighted by Crippen LogP contribution is 2.31. The van der Waals surface area contributed by atoms with E-state index in [0.29, 0.717) is 29.7 Å². The van der Waals surface area contributed by atoms with Gasteiger partial charge in [0.25, 0.3) is 0 Å². The van der Waals surface area contributed by atoms with Crippen LogP contribution in [0.15, 0.2) is 60.8 Å². The third kappa shape index (κ3) is 8.60. The molecule has 0 fully saturated rings. The Kier molecular flexibility index (Phi) is 9.54. The number of aryl methyl sites for hydroxylation is 1. The molecule has 10 heteroatoms. The van der Waals surface area contributed by atoms with Gasteiger partial charge in [0.2, 0.25) is 11.8 Å². The van der Waals surface area contributed by atoms with Crippen molar-refractivity contribution in [1.29, 1.82) is 0 Å². The second kappa shape index (κ2) is 13.0. The lowest BCUT2D eigenvalue weighted by Crippen LogP contribution is -2.39. The average Bonchev–Trinajstić information content (AvgIpc) is 2.85. The van der Waals surface area contributed by atoms with E-state index < -0.39 is 30.2 Å². The van der Waals surface area contributed by atoms with Crippen molar-refractivity contribution < 1.29 is 29.0 Å². The Morgan fingerprint density at radius 1 is 1.05 bits per heavy atom. The van der Waals surface area contributed by atoms with Crippen LogP contribution in [0, 0.1) is 12.7 Å². The number of aromatic nitrogens is 1. The zero-order valence-corrected chi connectivity index (χ0v) is 20.3. The smallest absolute Gasteiger partial charge is 0.305 e. The number of hydrogen-bond donors (Lipinski definition) is 5. The molecule has 0 saturated carbocycles. The van der Waals surface area contributed by atoms with Gasteiger partial charge in [0, 0.05) is 30.8 Å². The number of phenolic OH excluding ortho intramolecular Hbond substituents is 1. The van der Waals surface area contributed by atoms with Crippen molar-refractivity contribution in [2.75, 3.05) is 18.4 Å². The second-order valence-corrected chi connectivity index (χ2v) is 8.53. The number of carboxylic acid groups (broad SMARTS) is 1. The van der Waals surface area contributed by atoms with E-state index in [1.54, 1.807) is 30.5 Å². The highest BCUT2D eigenvalue weighted by Gasteiger charge is 2.19. The minimum Gasteiger partial charge on any atom is -0.507 e. The van der Waals surface area contributed by atoms with Gasteiger partial charge in [0.1, 0.15) is 17.4 Å². The maximum Gasteiger partial charge on any atom is 0.305 e. The summed E-state index contributed by atoms with van der Waals surface area (Å²) in [4.78, 5) is 40.2. The molecule has 5 N–H and O–H groups in total. The molecule has 0 spiro atoms. The number of carbonyl (C=O) groups is 3. The third-order valence-electron chi connectivity index (χ3n) is 5.52. The van der Waals surface area contributed by atoms with Crippen LogP contribution >= 0.6 is 0 Å². The third-order valence-corrected chi connectivity index (χ3v) is 5.52. The maximum absolute atomic E-state index is 13.3. The molecule has 0 aliphatic rings. The summed E-state index contributed by atoms with van der Waals surface area (Å²) in [7, 11) is 0. The standard InChI is InChI=1S/C27H29FN4O5/c1-17-9-11-30-24(12-17)29-10-3-6-25(34)31-16-26(35)32-22(15-27(36)37)19-5-2-4-18(13-19)21-8-7-20(28)14-23(21)33/h2,4-5,7-9,11-14,22,33H,3,6,10,15-16H2,1H3,(H,29,30)(H,31,34)(H,32,35)(H,36,37). The van der Waals surface area contributed by atoms with Crippen LogP contribution in [0.2, 0.25) is 0 Å². The summed E-state index contributed by atoms with van der Waals surface area (Å²) in [6, 6.07) is 13.1. The van der Waals surface area contributed by atoms with E-state index in [1.165, 1.54) is 12.1 Å². The van der Waals surface area contributed by atoms with Crippen molar-refractivity contribution in [3.8, 4) is 16.9 Å². The van der Waals surface area contributed by atoms with Gasteiger partial charge in [-0.05, 0) is 60.4 Å². The van der Waals surface area contributed by atoms with E-state index in [-0.39, 0.29) is 24.6 Å². The van der Waals surface area contributed by atoms with Gasteiger partial charge >= 0.3 is 5.97 Å². The van der Waals surface area contributed by atoms with E-state index in [2.05, 4.69) is 20.9 Å². The molecule has 3 aromatic rings. The van der Waals surface area contributed by atoms with E-state index in [0.717, 1.165) is 17.4 Å². The van der Waals surface area contributed by atoms with Crippen LogP contribution in [0.5, 0.6) is 5.75 Å². The number of aromatic hydroxyl groups is 1. The monoisotopic (exact) mass is 508 g/mol. The second-order valence-electron chi connectivity index (χ2n) is 8.53. The molecule has 1 aromatic heterocycles. The summed E-state index contributed by atoms with van der Waals surface area (Å²) in [5, 5.41) is 27.7. The molecular weight excluding hydrogens is 479 g/mol. The molecular formula is C27H29FN4O5. The molecule has 9 nitrogen and oxygen atoms in total. The number of halogens is 1. The number of pyridine rings is 1. The fraction of sp³-hybridized carbons (Fsp3) is 0.259. The van der Waals surface area contributed by atoms with Gasteiger partial charge in [-0.15, -0.1) is 0 Å². The highest BCUT2D eigenvalue weighted by atomic mass is 19.1. The van der Waals surface area contributed by atoms with E-state index in [4.69, 9.17) is 0 Å². The first-order chi connectivity index (χ1) is 17.7. The first-order valence-corrected chi connectivity index (χ1v) is 11.7. The number of amides is 2. The van der Waals surface area contributed by atoms with Gasteiger partial charge < -0.3 is 26.2 Å². The van der Waals surface area contributed by atoms with Crippen molar-refractivity contribution in [2.45, 2.75) is 32.2 Å². The van der Waals surface area contributed by atoms with Crippen LogP contribution < -0.4 is 16.0 Å². The van der Waals surface area contributed by atoms with Crippen molar-refractivity contribution in [2.24, 2.45) is 0 Å². The average molecular weight is 509 g/mol. The summed E-state index contributed by atoms with van der Waals surface area (Å²) in [5.41, 5.74) is 2.45. The van der Waals surface area contributed by atoms with Crippen LogP contribution in [0.1, 0.15) is 36.4 Å². The minimum atomic E-state index is -1.13. The minimum absolute atomic E-state index is 0.202. The lowest BCUT2D eigenvalue weighted by molar-refractivity contribution is -0.138. The summed E-state index contributed by atoms with van der Waals surface area (Å²) in [6.45, 7) is 2.19. The van der Waals surface area contributed by atoms with Gasteiger partial charge in [0.15, 0.2) is 0 Å². The Bertz CT molecular complexity index is 1270. The Labute approximate surface area is 213 Å². The predicted octanol–water partition coefficient (Wildman–Crippen LogP) is 3.54. The lowest BCUT2D eigenvalue weighted by Gasteiger charge is -2.19. The number of benzene rings is 2. The molecule has 0 bridgehead atoms. The van der Waals surface area contributed by atoms with Gasteiger partial charge in [0.05, 0.1) is 19.0 Å². The van der Waals surface area contributed by atoms with Crippen molar-refractivity contribution in [3.63, 3.8) is 0 Å². The van der Waals surface area contributed by atoms with Gasteiger partial charge in [-0.3, -0.25) is 14.4 Å². The number of carboxylic acids is 1. The largest absolute Gasteiger partial charge is 0.507 e. The van der Waals surface area contributed by atoms with Crippen LogP contribution in [0.3, 0.4) is 0 Å². The molecule has 194 valence electrons. The number of rotatable bonds is 12. The van der Waals surface area contributed by atoms with Crippen LogP contribution in [0.25, 0.3) is 11.1 Å². The first-order valence-electron chi connectivity index (χ1n) is 11.7. The fourth-order valence-electron chi connectivity index (χ4n) is 3.71. The molecule has 37 heavy (non-hydrogen) atoms. The maximum atomic E-state index is 13.3. The first kappa shape index (κ1) is 27.1. The number of carbonyl (C=O) groups excluding carboxylic acids is 2. The predicted molar refractivity (Wildman–Crippen MR) is 136 cm³/mol.